The Kier molecular flexibility index (Phi) is 8.21. The Balaban J connectivity index is 1.40. The van der Waals surface area contributed by atoms with Gasteiger partial charge in [0.25, 0.3) is 0 Å². The highest BCUT2D eigenvalue weighted by Crippen LogP contribution is 2.45. The molecule has 2 aromatic carbocycles. The molecule has 1 saturated carbocycles. The molecule has 2 heterocycles. The zero-order chi connectivity index (χ0) is 27.4. The van der Waals surface area contributed by atoms with Crippen LogP contribution in [-0.4, -0.2) is 29.7 Å². The first kappa shape index (κ1) is 26.8. The Morgan fingerprint density at radius 2 is 1.95 bits per heavy atom. The Morgan fingerprint density at radius 3 is 2.67 bits per heavy atom. The van der Waals surface area contributed by atoms with Crippen LogP contribution in [0.4, 0.5) is 4.39 Å². The molecule has 202 valence electrons. The number of hydrogen-bond donors (Lipinski definition) is 0. The standard InChI is InChI=1S/C31H31FN2O4S/c1-4-37-29(35)16-25(20-9-10-20)21-6-5-7-24(14-21)38-18-22-17-33-30(26-15-23(36-3)11-12-27(26)32)31(34-22)28-13-8-19(2)39-28/h5-8,11-15,17,20,25H,4,9-10,16,18H2,1-3H3/t25-/m0/s1. The molecule has 0 bridgehead atoms. The van der Waals surface area contributed by atoms with E-state index in [-0.39, 0.29) is 18.5 Å². The molecule has 1 fully saturated rings. The third-order valence-electron chi connectivity index (χ3n) is 6.78. The van der Waals surface area contributed by atoms with Gasteiger partial charge in [0, 0.05) is 10.4 Å². The molecule has 39 heavy (non-hydrogen) atoms. The summed E-state index contributed by atoms with van der Waals surface area (Å²) in [5.41, 5.74) is 3.07. The van der Waals surface area contributed by atoms with E-state index in [0.717, 1.165) is 28.2 Å². The number of nitrogens with zero attached hydrogens (tertiary/aromatic N) is 2. The Hall–Kier alpha value is -3.78. The minimum absolute atomic E-state index is 0.123. The number of aromatic nitrogens is 2. The van der Waals surface area contributed by atoms with Crippen molar-refractivity contribution in [1.29, 1.82) is 0 Å². The number of rotatable bonds is 11. The fraction of sp³-hybridized carbons (Fsp3) is 0.323. The number of thiophene rings is 1. The minimum atomic E-state index is -0.395. The Morgan fingerprint density at radius 1 is 1.10 bits per heavy atom. The van der Waals surface area contributed by atoms with Gasteiger partial charge in [-0.2, -0.15) is 0 Å². The lowest BCUT2D eigenvalue weighted by Crippen LogP contribution is -2.12. The molecule has 0 aliphatic heterocycles. The topological polar surface area (TPSA) is 70.5 Å². The molecule has 1 aliphatic rings. The minimum Gasteiger partial charge on any atom is -0.497 e. The highest BCUT2D eigenvalue weighted by atomic mass is 32.1. The summed E-state index contributed by atoms with van der Waals surface area (Å²) in [4.78, 5) is 23.7. The second kappa shape index (κ2) is 11.9. The van der Waals surface area contributed by atoms with Crippen molar-refractivity contribution in [2.75, 3.05) is 13.7 Å². The Bertz CT molecular complexity index is 1470. The van der Waals surface area contributed by atoms with Gasteiger partial charge in [0.05, 0.1) is 36.9 Å². The fourth-order valence-electron chi connectivity index (χ4n) is 4.69. The number of carbonyl (C=O) groups is 1. The lowest BCUT2D eigenvalue weighted by Gasteiger charge is -2.17. The van der Waals surface area contributed by atoms with E-state index in [1.807, 2.05) is 50.2 Å². The summed E-state index contributed by atoms with van der Waals surface area (Å²) in [6.07, 6.45) is 4.24. The van der Waals surface area contributed by atoms with Crippen molar-refractivity contribution < 1.29 is 23.4 Å². The number of carbonyl (C=O) groups excluding carboxylic acids is 1. The van der Waals surface area contributed by atoms with Gasteiger partial charge in [0.15, 0.2) is 0 Å². The summed E-state index contributed by atoms with van der Waals surface area (Å²) in [5.74, 6) is 1.30. The second-order valence-corrected chi connectivity index (χ2v) is 10.9. The van der Waals surface area contributed by atoms with Crippen molar-refractivity contribution in [2.45, 2.75) is 45.6 Å². The van der Waals surface area contributed by atoms with Crippen LogP contribution >= 0.6 is 11.3 Å². The molecule has 0 unspecified atom stereocenters. The van der Waals surface area contributed by atoms with Crippen LogP contribution in [0.1, 0.15) is 48.2 Å². The largest absolute Gasteiger partial charge is 0.497 e. The molecule has 1 atom stereocenters. The second-order valence-electron chi connectivity index (χ2n) is 9.63. The summed E-state index contributed by atoms with van der Waals surface area (Å²) >= 11 is 1.58. The number of halogens is 1. The molecule has 0 amide bonds. The molecular weight excluding hydrogens is 515 g/mol. The summed E-state index contributed by atoms with van der Waals surface area (Å²) in [6, 6.07) is 16.5. The van der Waals surface area contributed by atoms with E-state index in [1.165, 1.54) is 6.07 Å². The first-order valence-electron chi connectivity index (χ1n) is 13.1. The number of hydrogen-bond acceptors (Lipinski definition) is 7. The van der Waals surface area contributed by atoms with Crippen molar-refractivity contribution in [1.82, 2.24) is 9.97 Å². The van der Waals surface area contributed by atoms with Crippen LogP contribution in [0.2, 0.25) is 0 Å². The monoisotopic (exact) mass is 546 g/mol. The normalized spacial score (nSPS) is 13.6. The average Bonchev–Trinajstić information content (AvgIpc) is 3.70. The first-order valence-corrected chi connectivity index (χ1v) is 13.9. The molecule has 1 aliphatic carbocycles. The number of methoxy groups -OCH3 is 1. The van der Waals surface area contributed by atoms with Crippen molar-refractivity contribution in [3.05, 3.63) is 82.7 Å². The molecule has 0 spiro atoms. The molecule has 2 aromatic heterocycles. The number of benzene rings is 2. The predicted molar refractivity (Wildman–Crippen MR) is 150 cm³/mol. The van der Waals surface area contributed by atoms with Gasteiger partial charge in [-0.15, -0.1) is 11.3 Å². The van der Waals surface area contributed by atoms with E-state index in [0.29, 0.717) is 53.1 Å². The van der Waals surface area contributed by atoms with E-state index in [2.05, 4.69) is 4.98 Å². The maximum atomic E-state index is 14.9. The molecule has 5 rings (SSSR count). The lowest BCUT2D eigenvalue weighted by molar-refractivity contribution is -0.143. The van der Waals surface area contributed by atoms with Gasteiger partial charge in [-0.1, -0.05) is 12.1 Å². The van der Waals surface area contributed by atoms with Crippen LogP contribution < -0.4 is 9.47 Å². The van der Waals surface area contributed by atoms with E-state index in [9.17, 15) is 9.18 Å². The quantitative estimate of drug-likeness (QED) is 0.183. The molecular formula is C31H31FN2O4S. The van der Waals surface area contributed by atoms with Crippen molar-refractivity contribution >= 4 is 17.3 Å². The average molecular weight is 547 g/mol. The van der Waals surface area contributed by atoms with Gasteiger partial charge < -0.3 is 14.2 Å². The van der Waals surface area contributed by atoms with Gasteiger partial charge in [0.1, 0.15) is 35.3 Å². The van der Waals surface area contributed by atoms with E-state index >= 15 is 0 Å². The molecule has 6 nitrogen and oxygen atoms in total. The fourth-order valence-corrected chi connectivity index (χ4v) is 5.54. The summed E-state index contributed by atoms with van der Waals surface area (Å²) in [5, 5.41) is 0. The zero-order valence-corrected chi connectivity index (χ0v) is 23.1. The highest BCUT2D eigenvalue weighted by molar-refractivity contribution is 7.15. The lowest BCUT2D eigenvalue weighted by atomic mass is 9.91. The van der Waals surface area contributed by atoms with Crippen LogP contribution in [0.3, 0.4) is 0 Å². The molecule has 4 aromatic rings. The van der Waals surface area contributed by atoms with Crippen molar-refractivity contribution in [3.63, 3.8) is 0 Å². The summed E-state index contributed by atoms with van der Waals surface area (Å²) in [7, 11) is 1.55. The SMILES string of the molecule is CCOC(=O)C[C@H](c1cccc(OCc2cnc(-c3cc(OC)ccc3F)c(-c3ccc(C)s3)n2)c1)C1CC1. The number of ether oxygens (including phenoxy) is 3. The van der Waals surface area contributed by atoms with Gasteiger partial charge in [-0.3, -0.25) is 9.78 Å². The van der Waals surface area contributed by atoms with Crippen LogP contribution in [0.5, 0.6) is 11.5 Å². The van der Waals surface area contributed by atoms with E-state index in [1.54, 1.807) is 36.8 Å². The van der Waals surface area contributed by atoms with E-state index in [4.69, 9.17) is 19.2 Å². The summed E-state index contributed by atoms with van der Waals surface area (Å²) < 4.78 is 31.5. The van der Waals surface area contributed by atoms with Gasteiger partial charge in [0.2, 0.25) is 0 Å². The maximum absolute atomic E-state index is 14.9. The first-order chi connectivity index (χ1) is 18.9. The summed E-state index contributed by atoms with van der Waals surface area (Å²) in [6.45, 7) is 4.42. The van der Waals surface area contributed by atoms with E-state index < -0.39 is 5.82 Å². The van der Waals surface area contributed by atoms with Crippen molar-refractivity contribution in [3.8, 4) is 33.3 Å². The smallest absolute Gasteiger partial charge is 0.306 e. The van der Waals surface area contributed by atoms with Crippen LogP contribution in [0.25, 0.3) is 21.8 Å². The number of aryl methyl sites for hydroxylation is 1. The molecule has 0 saturated heterocycles. The van der Waals surface area contributed by atoms with Gasteiger partial charge >= 0.3 is 5.97 Å². The van der Waals surface area contributed by atoms with Crippen LogP contribution in [0.15, 0.2) is 60.8 Å². The number of esters is 1. The van der Waals surface area contributed by atoms with Crippen LogP contribution in [0, 0.1) is 18.7 Å². The third kappa shape index (κ3) is 6.45. The zero-order valence-electron chi connectivity index (χ0n) is 22.3. The highest BCUT2D eigenvalue weighted by Gasteiger charge is 2.34. The van der Waals surface area contributed by atoms with Crippen molar-refractivity contribution in [2.24, 2.45) is 5.92 Å². The van der Waals surface area contributed by atoms with Crippen LogP contribution in [-0.2, 0) is 16.1 Å². The molecule has 0 N–H and O–H groups in total. The molecule has 8 heteroatoms. The maximum Gasteiger partial charge on any atom is 0.306 e. The Labute approximate surface area is 231 Å². The predicted octanol–water partition coefficient (Wildman–Crippen LogP) is 7.35. The van der Waals surface area contributed by atoms with Gasteiger partial charge in [-0.05, 0) is 86.6 Å². The van der Waals surface area contributed by atoms with Gasteiger partial charge in [-0.25, -0.2) is 9.37 Å². The molecule has 0 radical (unpaired) electrons. The third-order valence-corrected chi connectivity index (χ3v) is 7.79.